The predicted octanol–water partition coefficient (Wildman–Crippen LogP) is 1.14. The van der Waals surface area contributed by atoms with Crippen LogP contribution in [-0.2, 0) is 0 Å². The lowest BCUT2D eigenvalue weighted by Gasteiger charge is -2.33. The van der Waals surface area contributed by atoms with Gasteiger partial charge in [0.25, 0.3) is 0 Å². The van der Waals surface area contributed by atoms with Crippen LogP contribution in [-0.4, -0.2) is 67.3 Å². The molecule has 0 radical (unpaired) electrons. The molecule has 1 heterocycles. The Bertz CT molecular complexity index is 236. The molecule has 1 atom stereocenters. The van der Waals surface area contributed by atoms with Crippen LogP contribution < -0.4 is 5.73 Å². The number of hydrogen-bond donors (Lipinski definition) is 2. The largest absolute Gasteiger partial charge is 0.394 e. The van der Waals surface area contributed by atoms with E-state index in [1.165, 1.54) is 45.4 Å². The maximum atomic E-state index is 9.10. The summed E-state index contributed by atoms with van der Waals surface area (Å²) < 4.78 is 0. The van der Waals surface area contributed by atoms with Gasteiger partial charge in [-0.2, -0.15) is 0 Å². The van der Waals surface area contributed by atoms with E-state index >= 15 is 0 Å². The van der Waals surface area contributed by atoms with Gasteiger partial charge in [0.1, 0.15) is 0 Å². The van der Waals surface area contributed by atoms with Gasteiger partial charge in [-0.15, -0.1) is 0 Å². The molecule has 0 aromatic rings. The maximum absolute atomic E-state index is 9.10. The molecule has 1 rings (SSSR count). The molecule has 1 unspecified atom stereocenters. The zero-order chi connectivity index (χ0) is 14.3. The Kier molecular flexibility index (Phi) is 7.29. The minimum atomic E-state index is -0.390. The first-order valence-electron chi connectivity index (χ1n) is 7.70. The fourth-order valence-corrected chi connectivity index (χ4v) is 2.85. The topological polar surface area (TPSA) is 52.7 Å². The molecule has 0 bridgehead atoms. The van der Waals surface area contributed by atoms with E-state index in [1.54, 1.807) is 0 Å². The Hall–Kier alpha value is -0.160. The molecule has 4 nitrogen and oxygen atoms in total. The van der Waals surface area contributed by atoms with Gasteiger partial charge in [0.05, 0.1) is 6.61 Å². The summed E-state index contributed by atoms with van der Waals surface area (Å²) in [5, 5.41) is 9.10. The molecule has 0 aromatic heterocycles. The standard InChI is InChI=1S/C15H33N3O/c1-15(16,13-19)8-4-5-9-18-10-6-14(7-11-18)12-17(2)3/h14,19H,4-13,16H2,1-3H3. The van der Waals surface area contributed by atoms with Gasteiger partial charge >= 0.3 is 0 Å². The number of rotatable bonds is 8. The molecule has 19 heavy (non-hydrogen) atoms. The van der Waals surface area contributed by atoms with Gasteiger partial charge in [0.15, 0.2) is 0 Å². The highest BCUT2D eigenvalue weighted by Crippen LogP contribution is 2.18. The number of hydrogen-bond acceptors (Lipinski definition) is 4. The molecule has 1 aliphatic rings. The number of aliphatic hydroxyl groups is 1. The summed E-state index contributed by atoms with van der Waals surface area (Å²) >= 11 is 0. The average molecular weight is 271 g/mol. The third-order valence-corrected chi connectivity index (χ3v) is 4.16. The van der Waals surface area contributed by atoms with Crippen molar-refractivity contribution in [2.24, 2.45) is 11.7 Å². The molecule has 1 saturated heterocycles. The normalized spacial score (nSPS) is 21.8. The second-order valence-corrected chi connectivity index (χ2v) is 6.82. The molecular weight excluding hydrogens is 238 g/mol. The van der Waals surface area contributed by atoms with Crippen LogP contribution in [0.15, 0.2) is 0 Å². The van der Waals surface area contributed by atoms with Gasteiger partial charge in [-0.1, -0.05) is 6.42 Å². The van der Waals surface area contributed by atoms with Crippen molar-refractivity contribution in [3.8, 4) is 0 Å². The average Bonchev–Trinajstić information content (AvgIpc) is 2.36. The number of nitrogens with two attached hydrogens (primary N) is 1. The lowest BCUT2D eigenvalue weighted by Crippen LogP contribution is -2.40. The van der Waals surface area contributed by atoms with Crippen LogP contribution in [0.3, 0.4) is 0 Å². The molecule has 1 fully saturated rings. The van der Waals surface area contributed by atoms with E-state index in [4.69, 9.17) is 10.8 Å². The molecule has 0 spiro atoms. The van der Waals surface area contributed by atoms with E-state index in [2.05, 4.69) is 23.9 Å². The van der Waals surface area contributed by atoms with Crippen molar-refractivity contribution in [1.29, 1.82) is 0 Å². The first-order valence-corrected chi connectivity index (χ1v) is 7.70. The fraction of sp³-hybridized carbons (Fsp3) is 1.00. The van der Waals surface area contributed by atoms with Gasteiger partial charge in [-0.3, -0.25) is 0 Å². The Labute approximate surface area is 118 Å². The summed E-state index contributed by atoms with van der Waals surface area (Å²) in [4.78, 5) is 4.89. The lowest BCUT2D eigenvalue weighted by atomic mass is 9.95. The van der Waals surface area contributed by atoms with Crippen molar-refractivity contribution in [2.45, 2.75) is 44.6 Å². The third kappa shape index (κ3) is 7.25. The summed E-state index contributed by atoms with van der Waals surface area (Å²) in [6, 6.07) is 0. The van der Waals surface area contributed by atoms with Crippen molar-refractivity contribution in [3.63, 3.8) is 0 Å². The van der Waals surface area contributed by atoms with Crippen LogP contribution in [0.5, 0.6) is 0 Å². The highest BCUT2D eigenvalue weighted by atomic mass is 16.3. The van der Waals surface area contributed by atoms with E-state index in [-0.39, 0.29) is 6.61 Å². The minimum Gasteiger partial charge on any atom is -0.394 e. The van der Waals surface area contributed by atoms with Gasteiger partial charge < -0.3 is 20.6 Å². The number of aliphatic hydroxyl groups excluding tert-OH is 1. The number of likely N-dealkylation sites (tertiary alicyclic amines) is 1. The lowest BCUT2D eigenvalue weighted by molar-refractivity contribution is 0.156. The van der Waals surface area contributed by atoms with Crippen LogP contribution >= 0.6 is 0 Å². The molecule has 4 heteroatoms. The molecule has 0 aliphatic carbocycles. The number of nitrogens with zero attached hydrogens (tertiary/aromatic N) is 2. The van der Waals surface area contributed by atoms with Crippen LogP contribution in [0.25, 0.3) is 0 Å². The SMILES string of the molecule is CN(C)CC1CCN(CCCCC(C)(N)CO)CC1. The van der Waals surface area contributed by atoms with Gasteiger partial charge in [-0.05, 0) is 72.3 Å². The second-order valence-electron chi connectivity index (χ2n) is 6.82. The van der Waals surface area contributed by atoms with Crippen molar-refractivity contribution >= 4 is 0 Å². The fourth-order valence-electron chi connectivity index (χ4n) is 2.85. The predicted molar refractivity (Wildman–Crippen MR) is 81.2 cm³/mol. The maximum Gasteiger partial charge on any atom is 0.0608 e. The molecule has 1 aliphatic heterocycles. The highest BCUT2D eigenvalue weighted by Gasteiger charge is 2.20. The first kappa shape index (κ1) is 16.9. The minimum absolute atomic E-state index is 0.0862. The van der Waals surface area contributed by atoms with E-state index in [1.807, 2.05) is 6.92 Å². The summed E-state index contributed by atoms with van der Waals surface area (Å²) in [6.07, 6.45) is 5.91. The Morgan fingerprint density at radius 1 is 1.26 bits per heavy atom. The summed E-state index contributed by atoms with van der Waals surface area (Å²) in [6.45, 7) is 6.94. The quantitative estimate of drug-likeness (QED) is 0.650. The molecular formula is C15H33N3O. The van der Waals surface area contributed by atoms with E-state index < -0.39 is 5.54 Å². The summed E-state index contributed by atoms with van der Waals surface area (Å²) in [7, 11) is 4.33. The Morgan fingerprint density at radius 2 is 1.89 bits per heavy atom. The Morgan fingerprint density at radius 3 is 2.42 bits per heavy atom. The molecule has 114 valence electrons. The molecule has 3 N–H and O–H groups in total. The smallest absolute Gasteiger partial charge is 0.0608 e. The third-order valence-electron chi connectivity index (χ3n) is 4.16. The number of unbranched alkanes of at least 4 members (excludes halogenated alkanes) is 1. The van der Waals surface area contributed by atoms with E-state index in [0.29, 0.717) is 0 Å². The zero-order valence-corrected chi connectivity index (χ0v) is 13.1. The van der Waals surface area contributed by atoms with Crippen molar-refractivity contribution in [1.82, 2.24) is 9.80 Å². The van der Waals surface area contributed by atoms with Gasteiger partial charge in [-0.25, -0.2) is 0 Å². The second kappa shape index (κ2) is 8.20. The molecule has 0 aromatic carbocycles. The monoisotopic (exact) mass is 271 g/mol. The van der Waals surface area contributed by atoms with Crippen LogP contribution in [0.2, 0.25) is 0 Å². The Balaban J connectivity index is 2.07. The van der Waals surface area contributed by atoms with Crippen molar-refractivity contribution in [2.75, 3.05) is 46.9 Å². The van der Waals surface area contributed by atoms with Crippen molar-refractivity contribution in [3.05, 3.63) is 0 Å². The van der Waals surface area contributed by atoms with Crippen LogP contribution in [0.1, 0.15) is 39.0 Å². The van der Waals surface area contributed by atoms with E-state index in [0.717, 1.165) is 18.8 Å². The van der Waals surface area contributed by atoms with Gasteiger partial charge in [0.2, 0.25) is 0 Å². The van der Waals surface area contributed by atoms with Crippen LogP contribution in [0, 0.1) is 5.92 Å². The number of piperidine rings is 1. The van der Waals surface area contributed by atoms with Crippen LogP contribution in [0.4, 0.5) is 0 Å². The zero-order valence-electron chi connectivity index (χ0n) is 13.1. The van der Waals surface area contributed by atoms with E-state index in [9.17, 15) is 0 Å². The van der Waals surface area contributed by atoms with Crippen molar-refractivity contribution < 1.29 is 5.11 Å². The first-order chi connectivity index (χ1) is 8.93. The highest BCUT2D eigenvalue weighted by molar-refractivity contribution is 4.78. The van der Waals surface area contributed by atoms with Gasteiger partial charge in [0, 0.05) is 12.1 Å². The molecule has 0 saturated carbocycles. The molecule has 0 amide bonds. The summed E-state index contributed by atoms with van der Waals surface area (Å²) in [5.74, 6) is 0.882. The summed E-state index contributed by atoms with van der Waals surface area (Å²) in [5.41, 5.74) is 5.54.